The van der Waals surface area contributed by atoms with Gasteiger partial charge in [-0.2, -0.15) is 0 Å². The lowest BCUT2D eigenvalue weighted by Crippen LogP contribution is -2.19. The van der Waals surface area contributed by atoms with Crippen LogP contribution >= 0.6 is 0 Å². The predicted molar refractivity (Wildman–Crippen MR) is 83.1 cm³/mol. The zero-order valence-corrected chi connectivity index (χ0v) is 12.7. The van der Waals surface area contributed by atoms with Gasteiger partial charge in [-0.05, 0) is 37.1 Å². The van der Waals surface area contributed by atoms with Crippen LogP contribution in [0.25, 0.3) is 0 Å². The summed E-state index contributed by atoms with van der Waals surface area (Å²) in [5, 5.41) is 3.43. The Morgan fingerprint density at radius 1 is 1.35 bits per heavy atom. The van der Waals surface area contributed by atoms with E-state index in [0.717, 1.165) is 43.0 Å². The highest BCUT2D eigenvalue weighted by atomic mass is 16.5. The smallest absolute Gasteiger partial charge is 0.124 e. The molecule has 0 spiro atoms. The molecule has 1 aromatic carbocycles. The molecule has 3 heteroatoms. The van der Waals surface area contributed by atoms with Gasteiger partial charge in [0.15, 0.2) is 0 Å². The average Bonchev–Trinajstić information content (AvgIpc) is 2.44. The minimum atomic E-state index is 0.626. The van der Waals surface area contributed by atoms with Crippen molar-refractivity contribution in [3.63, 3.8) is 0 Å². The van der Waals surface area contributed by atoms with E-state index in [1.54, 1.807) is 7.11 Å². The summed E-state index contributed by atoms with van der Waals surface area (Å²) in [4.78, 5) is 0. The topological polar surface area (TPSA) is 30.5 Å². The van der Waals surface area contributed by atoms with Crippen LogP contribution in [0.1, 0.15) is 32.3 Å². The quantitative estimate of drug-likeness (QED) is 0.554. The van der Waals surface area contributed by atoms with Crippen LogP contribution in [-0.4, -0.2) is 20.3 Å². The van der Waals surface area contributed by atoms with E-state index < -0.39 is 0 Å². The van der Waals surface area contributed by atoms with E-state index in [1.165, 1.54) is 0 Å². The summed E-state index contributed by atoms with van der Waals surface area (Å²) in [6.07, 6.45) is 6.86. The van der Waals surface area contributed by atoms with Crippen LogP contribution in [-0.2, 0) is 6.54 Å². The van der Waals surface area contributed by atoms with Crippen molar-refractivity contribution in [3.05, 3.63) is 23.8 Å². The molecular weight excluding hydrogens is 250 g/mol. The number of benzene rings is 1. The van der Waals surface area contributed by atoms with Gasteiger partial charge in [0, 0.05) is 18.5 Å². The molecule has 0 aliphatic carbocycles. The number of methoxy groups -OCH3 is 1. The highest BCUT2D eigenvalue weighted by Gasteiger charge is 2.06. The van der Waals surface area contributed by atoms with Crippen LogP contribution in [0.15, 0.2) is 18.2 Å². The maximum atomic E-state index is 5.81. The number of ether oxygens (including phenoxy) is 2. The molecular formula is C17H25NO2. The fourth-order valence-electron chi connectivity index (χ4n) is 1.81. The molecule has 0 aromatic heterocycles. The summed E-state index contributed by atoms with van der Waals surface area (Å²) in [5.41, 5.74) is 1.12. The van der Waals surface area contributed by atoms with Gasteiger partial charge in [0.1, 0.15) is 11.5 Å². The summed E-state index contributed by atoms with van der Waals surface area (Å²) in [6.45, 7) is 6.78. The minimum Gasteiger partial charge on any atom is -0.497 e. The zero-order valence-electron chi connectivity index (χ0n) is 12.7. The highest BCUT2D eigenvalue weighted by Crippen LogP contribution is 2.24. The average molecular weight is 275 g/mol. The Balaban J connectivity index is 2.63. The van der Waals surface area contributed by atoms with Crippen LogP contribution in [0.5, 0.6) is 11.5 Å². The van der Waals surface area contributed by atoms with Gasteiger partial charge in [-0.25, -0.2) is 0 Å². The molecule has 110 valence electrons. The first-order chi connectivity index (χ1) is 9.67. The minimum absolute atomic E-state index is 0.626. The number of rotatable bonds is 9. The second kappa shape index (κ2) is 9.28. The molecule has 0 bridgehead atoms. The molecule has 0 atom stereocenters. The summed E-state index contributed by atoms with van der Waals surface area (Å²) in [5.74, 6) is 5.00. The zero-order chi connectivity index (χ0) is 14.8. The molecule has 0 amide bonds. The molecule has 0 saturated heterocycles. The third-order valence-electron chi connectivity index (χ3n) is 2.86. The third kappa shape index (κ3) is 5.99. The van der Waals surface area contributed by atoms with Crippen molar-refractivity contribution in [2.45, 2.75) is 33.2 Å². The van der Waals surface area contributed by atoms with Crippen molar-refractivity contribution in [1.82, 2.24) is 5.32 Å². The number of terminal acetylenes is 1. The lowest BCUT2D eigenvalue weighted by Gasteiger charge is -2.14. The van der Waals surface area contributed by atoms with Crippen LogP contribution in [0.2, 0.25) is 0 Å². The van der Waals surface area contributed by atoms with E-state index in [-0.39, 0.29) is 0 Å². The normalized spacial score (nSPS) is 10.3. The summed E-state index contributed by atoms with van der Waals surface area (Å²) >= 11 is 0. The number of hydrogen-bond acceptors (Lipinski definition) is 3. The van der Waals surface area contributed by atoms with Gasteiger partial charge in [-0.15, -0.1) is 12.3 Å². The molecule has 0 unspecified atom stereocenters. The van der Waals surface area contributed by atoms with E-state index in [4.69, 9.17) is 15.9 Å². The van der Waals surface area contributed by atoms with Crippen molar-refractivity contribution >= 4 is 0 Å². The molecule has 20 heavy (non-hydrogen) atoms. The predicted octanol–water partition coefficient (Wildman–Crippen LogP) is 3.23. The third-order valence-corrected chi connectivity index (χ3v) is 2.86. The summed E-state index contributed by atoms with van der Waals surface area (Å²) < 4.78 is 11.1. The van der Waals surface area contributed by atoms with Gasteiger partial charge in [-0.3, -0.25) is 0 Å². The Hall–Kier alpha value is -1.66. The molecule has 0 heterocycles. The maximum Gasteiger partial charge on any atom is 0.124 e. The Morgan fingerprint density at radius 3 is 2.80 bits per heavy atom. The maximum absolute atomic E-state index is 5.81. The second-order valence-corrected chi connectivity index (χ2v) is 5.15. The molecule has 3 nitrogen and oxygen atoms in total. The standard InChI is InChI=1S/C17H25NO2/c1-5-6-7-10-20-17-9-8-16(19-4)11-15(17)13-18-12-14(2)3/h1,8-9,11,14,18H,6-7,10,12-13H2,2-4H3. The van der Waals surface area contributed by atoms with Crippen molar-refractivity contribution in [2.24, 2.45) is 5.92 Å². The lowest BCUT2D eigenvalue weighted by atomic mass is 10.1. The van der Waals surface area contributed by atoms with Gasteiger partial charge in [0.25, 0.3) is 0 Å². The van der Waals surface area contributed by atoms with E-state index in [1.807, 2.05) is 18.2 Å². The monoisotopic (exact) mass is 275 g/mol. The van der Waals surface area contributed by atoms with Crippen LogP contribution in [0, 0.1) is 18.3 Å². The van der Waals surface area contributed by atoms with Crippen LogP contribution in [0.3, 0.4) is 0 Å². The molecule has 0 aliphatic rings. The second-order valence-electron chi connectivity index (χ2n) is 5.15. The molecule has 0 radical (unpaired) electrons. The molecule has 1 aromatic rings. The Bertz CT molecular complexity index is 435. The van der Waals surface area contributed by atoms with E-state index in [0.29, 0.717) is 12.5 Å². The fraction of sp³-hybridized carbons (Fsp3) is 0.529. The van der Waals surface area contributed by atoms with Gasteiger partial charge >= 0.3 is 0 Å². The van der Waals surface area contributed by atoms with Gasteiger partial charge in [-0.1, -0.05) is 13.8 Å². The largest absolute Gasteiger partial charge is 0.497 e. The number of unbranched alkanes of at least 4 members (excludes halogenated alkanes) is 1. The van der Waals surface area contributed by atoms with Gasteiger partial charge < -0.3 is 14.8 Å². The molecule has 0 aliphatic heterocycles. The Kier molecular flexibility index (Phi) is 7.60. The summed E-state index contributed by atoms with van der Waals surface area (Å²) in [7, 11) is 1.67. The first kappa shape index (κ1) is 16.4. The Labute approximate surface area is 122 Å². The van der Waals surface area contributed by atoms with Crippen molar-refractivity contribution in [2.75, 3.05) is 20.3 Å². The fourth-order valence-corrected chi connectivity index (χ4v) is 1.81. The highest BCUT2D eigenvalue weighted by molar-refractivity contribution is 5.40. The van der Waals surface area contributed by atoms with Crippen molar-refractivity contribution < 1.29 is 9.47 Å². The van der Waals surface area contributed by atoms with Crippen molar-refractivity contribution in [3.8, 4) is 23.8 Å². The van der Waals surface area contributed by atoms with E-state index >= 15 is 0 Å². The molecule has 1 N–H and O–H groups in total. The van der Waals surface area contributed by atoms with Crippen LogP contribution in [0.4, 0.5) is 0 Å². The number of hydrogen-bond donors (Lipinski definition) is 1. The first-order valence-electron chi connectivity index (χ1n) is 7.11. The van der Waals surface area contributed by atoms with Crippen molar-refractivity contribution in [1.29, 1.82) is 0 Å². The number of nitrogens with one attached hydrogen (secondary N) is 1. The molecule has 0 fully saturated rings. The van der Waals surface area contributed by atoms with E-state index in [2.05, 4.69) is 25.1 Å². The summed E-state index contributed by atoms with van der Waals surface area (Å²) in [6, 6.07) is 5.90. The molecule has 1 rings (SSSR count). The van der Waals surface area contributed by atoms with Gasteiger partial charge in [0.05, 0.1) is 13.7 Å². The Morgan fingerprint density at radius 2 is 2.15 bits per heavy atom. The van der Waals surface area contributed by atoms with Crippen LogP contribution < -0.4 is 14.8 Å². The van der Waals surface area contributed by atoms with Gasteiger partial charge in [0.2, 0.25) is 0 Å². The first-order valence-corrected chi connectivity index (χ1v) is 7.11. The SMILES string of the molecule is C#CCCCOc1ccc(OC)cc1CNCC(C)C. The van der Waals surface area contributed by atoms with E-state index in [9.17, 15) is 0 Å². The lowest BCUT2D eigenvalue weighted by molar-refractivity contribution is 0.307. The molecule has 0 saturated carbocycles.